The maximum atomic E-state index is 12.1. The minimum absolute atomic E-state index is 0.0601. The highest BCUT2D eigenvalue weighted by Gasteiger charge is 2.18. The van der Waals surface area contributed by atoms with E-state index in [0.29, 0.717) is 5.56 Å². The van der Waals surface area contributed by atoms with Gasteiger partial charge in [0.2, 0.25) is 0 Å². The molecule has 104 valence electrons. The van der Waals surface area contributed by atoms with Crippen molar-refractivity contribution in [2.45, 2.75) is 11.8 Å². The summed E-state index contributed by atoms with van der Waals surface area (Å²) in [6, 6.07) is 6.85. The number of hydrogen-bond acceptors (Lipinski definition) is 5. The van der Waals surface area contributed by atoms with Crippen LogP contribution < -0.4 is 4.72 Å². The number of hydrogen-bond donors (Lipinski definition) is 2. The number of aryl methyl sites for hydroxylation is 1. The number of sulfonamides is 1. The first kappa shape index (κ1) is 13.9. The van der Waals surface area contributed by atoms with Crippen LogP contribution in [0.15, 0.2) is 41.4 Å². The quantitative estimate of drug-likeness (QED) is 0.879. The van der Waals surface area contributed by atoms with E-state index >= 15 is 0 Å². The summed E-state index contributed by atoms with van der Waals surface area (Å²) in [4.78, 5) is 10.9. The predicted octanol–water partition coefficient (Wildman–Crippen LogP) is 1.28. The summed E-state index contributed by atoms with van der Waals surface area (Å²) in [6.45, 7) is 1.59. The number of benzene rings is 1. The lowest BCUT2D eigenvalue weighted by atomic mass is 10.1. The molecule has 0 saturated carbocycles. The molecule has 2 rings (SSSR count). The Balaban J connectivity index is 2.40. The van der Waals surface area contributed by atoms with Gasteiger partial charge in [-0.2, -0.15) is 5.10 Å². The molecule has 0 amide bonds. The minimum atomic E-state index is -3.90. The molecule has 7 nitrogen and oxygen atoms in total. The SMILES string of the molecule is Cc1ccc(S(=O)(=O)Nc2cccnn2)cc1C(=O)O. The largest absolute Gasteiger partial charge is 0.478 e. The highest BCUT2D eigenvalue weighted by molar-refractivity contribution is 7.92. The Morgan fingerprint density at radius 3 is 2.65 bits per heavy atom. The van der Waals surface area contributed by atoms with Gasteiger partial charge in [-0.05, 0) is 36.8 Å². The molecule has 2 N–H and O–H groups in total. The third-order valence-corrected chi connectivity index (χ3v) is 3.91. The van der Waals surface area contributed by atoms with E-state index in [2.05, 4.69) is 14.9 Å². The lowest BCUT2D eigenvalue weighted by Gasteiger charge is -2.08. The first-order valence-electron chi connectivity index (χ1n) is 5.54. The summed E-state index contributed by atoms with van der Waals surface area (Å²) in [5.74, 6) is -1.12. The van der Waals surface area contributed by atoms with Gasteiger partial charge in [-0.1, -0.05) is 6.07 Å². The third kappa shape index (κ3) is 2.91. The fourth-order valence-corrected chi connectivity index (χ4v) is 2.57. The van der Waals surface area contributed by atoms with Crippen LogP contribution in [0.1, 0.15) is 15.9 Å². The molecule has 0 atom stereocenters. The average molecular weight is 293 g/mol. The highest BCUT2D eigenvalue weighted by atomic mass is 32.2. The van der Waals surface area contributed by atoms with Crippen LogP contribution in [-0.2, 0) is 10.0 Å². The van der Waals surface area contributed by atoms with Crippen molar-refractivity contribution in [3.8, 4) is 0 Å². The number of nitrogens with one attached hydrogen (secondary N) is 1. The van der Waals surface area contributed by atoms with E-state index < -0.39 is 16.0 Å². The summed E-state index contributed by atoms with van der Waals surface area (Å²) in [6.07, 6.45) is 1.41. The Morgan fingerprint density at radius 1 is 1.30 bits per heavy atom. The van der Waals surface area contributed by atoms with Crippen LogP contribution in [0.3, 0.4) is 0 Å². The Bertz CT molecular complexity index is 745. The van der Waals surface area contributed by atoms with Gasteiger partial charge in [0.1, 0.15) is 0 Å². The molecule has 0 unspecified atom stereocenters. The van der Waals surface area contributed by atoms with E-state index in [4.69, 9.17) is 5.11 Å². The number of rotatable bonds is 4. The summed E-state index contributed by atoms with van der Waals surface area (Å²) < 4.78 is 26.5. The number of aromatic carboxylic acids is 1. The van der Waals surface area contributed by atoms with Crippen molar-refractivity contribution >= 4 is 21.8 Å². The van der Waals surface area contributed by atoms with Gasteiger partial charge in [-0.25, -0.2) is 13.2 Å². The number of carboxylic acids is 1. The zero-order valence-electron chi connectivity index (χ0n) is 10.4. The molecule has 0 aliphatic carbocycles. The summed E-state index contributed by atoms with van der Waals surface area (Å²) >= 11 is 0. The molecule has 0 spiro atoms. The topological polar surface area (TPSA) is 109 Å². The average Bonchev–Trinajstić information content (AvgIpc) is 2.39. The zero-order chi connectivity index (χ0) is 14.8. The standard InChI is InChI=1S/C12H11N3O4S/c1-8-4-5-9(7-10(8)12(16)17)20(18,19)15-11-3-2-6-13-14-11/h2-7H,1H3,(H,14,15)(H,16,17). The molecule has 0 aliphatic heterocycles. The number of aromatic nitrogens is 2. The second-order valence-electron chi connectivity index (χ2n) is 4.00. The van der Waals surface area contributed by atoms with Crippen molar-refractivity contribution in [3.63, 3.8) is 0 Å². The van der Waals surface area contributed by atoms with E-state index in [1.807, 2.05) is 0 Å². The molecule has 1 aromatic carbocycles. The van der Waals surface area contributed by atoms with E-state index in [9.17, 15) is 13.2 Å². The van der Waals surface area contributed by atoms with E-state index in [1.54, 1.807) is 6.92 Å². The fraction of sp³-hybridized carbons (Fsp3) is 0.0833. The van der Waals surface area contributed by atoms with Crippen LogP contribution >= 0.6 is 0 Å². The second-order valence-corrected chi connectivity index (χ2v) is 5.68. The van der Waals surface area contributed by atoms with Crippen LogP contribution in [0.4, 0.5) is 5.82 Å². The van der Waals surface area contributed by atoms with Crippen LogP contribution in [0.5, 0.6) is 0 Å². The monoisotopic (exact) mass is 293 g/mol. The van der Waals surface area contributed by atoms with E-state index in [-0.39, 0.29) is 16.3 Å². The lowest BCUT2D eigenvalue weighted by Crippen LogP contribution is -2.15. The molecule has 0 radical (unpaired) electrons. The predicted molar refractivity (Wildman–Crippen MR) is 71.0 cm³/mol. The van der Waals surface area contributed by atoms with Crippen molar-refractivity contribution < 1.29 is 18.3 Å². The highest BCUT2D eigenvalue weighted by Crippen LogP contribution is 2.18. The van der Waals surface area contributed by atoms with Gasteiger partial charge in [0.05, 0.1) is 10.5 Å². The molecule has 0 bridgehead atoms. The molecule has 0 fully saturated rings. The van der Waals surface area contributed by atoms with Crippen molar-refractivity contribution in [2.75, 3.05) is 4.72 Å². The first-order valence-corrected chi connectivity index (χ1v) is 7.03. The molecular formula is C12H11N3O4S. The Kier molecular flexibility index (Phi) is 3.66. The van der Waals surface area contributed by atoms with Crippen LogP contribution in [0.25, 0.3) is 0 Å². The maximum Gasteiger partial charge on any atom is 0.335 e. The Labute approximate surface area is 115 Å². The summed E-state index contributed by atoms with van der Waals surface area (Å²) in [5, 5.41) is 16.2. The molecule has 1 heterocycles. The number of carboxylic acid groups (broad SMARTS) is 1. The van der Waals surface area contributed by atoms with Gasteiger partial charge in [0, 0.05) is 6.20 Å². The van der Waals surface area contributed by atoms with Gasteiger partial charge in [-0.15, -0.1) is 5.10 Å². The molecule has 20 heavy (non-hydrogen) atoms. The van der Waals surface area contributed by atoms with Gasteiger partial charge < -0.3 is 5.11 Å². The van der Waals surface area contributed by atoms with Gasteiger partial charge in [-0.3, -0.25) is 4.72 Å². The Hall–Kier alpha value is -2.48. The molecule has 2 aromatic rings. The lowest BCUT2D eigenvalue weighted by molar-refractivity contribution is 0.0696. The van der Waals surface area contributed by atoms with Gasteiger partial charge in [0.25, 0.3) is 10.0 Å². The first-order chi connectivity index (χ1) is 9.40. The molecule has 1 aromatic heterocycles. The van der Waals surface area contributed by atoms with Gasteiger partial charge >= 0.3 is 5.97 Å². The minimum Gasteiger partial charge on any atom is -0.478 e. The van der Waals surface area contributed by atoms with Crippen molar-refractivity contribution in [1.29, 1.82) is 0 Å². The number of nitrogens with zero attached hydrogens (tertiary/aromatic N) is 2. The molecule has 0 saturated heterocycles. The Morgan fingerprint density at radius 2 is 2.05 bits per heavy atom. The number of anilines is 1. The fourth-order valence-electron chi connectivity index (χ4n) is 1.55. The van der Waals surface area contributed by atoms with E-state index in [0.717, 1.165) is 6.07 Å². The van der Waals surface area contributed by atoms with E-state index in [1.165, 1.54) is 30.5 Å². The third-order valence-electron chi connectivity index (χ3n) is 2.56. The van der Waals surface area contributed by atoms with Crippen LogP contribution in [0.2, 0.25) is 0 Å². The smallest absolute Gasteiger partial charge is 0.335 e. The molecule has 0 aliphatic rings. The molecule has 8 heteroatoms. The molecular weight excluding hydrogens is 282 g/mol. The van der Waals surface area contributed by atoms with Crippen LogP contribution in [-0.4, -0.2) is 29.7 Å². The summed E-state index contributed by atoms with van der Waals surface area (Å²) in [5.41, 5.74) is 0.419. The maximum absolute atomic E-state index is 12.1. The van der Waals surface area contributed by atoms with Crippen molar-refractivity contribution in [1.82, 2.24) is 10.2 Å². The second kappa shape index (κ2) is 5.25. The van der Waals surface area contributed by atoms with Crippen molar-refractivity contribution in [2.24, 2.45) is 0 Å². The van der Waals surface area contributed by atoms with Gasteiger partial charge in [0.15, 0.2) is 5.82 Å². The van der Waals surface area contributed by atoms with Crippen molar-refractivity contribution in [3.05, 3.63) is 47.7 Å². The van der Waals surface area contributed by atoms with Crippen LogP contribution in [0, 0.1) is 6.92 Å². The zero-order valence-corrected chi connectivity index (χ0v) is 11.3. The summed E-state index contributed by atoms with van der Waals surface area (Å²) in [7, 11) is -3.90. The number of carbonyl (C=O) groups is 1. The normalized spacial score (nSPS) is 11.1.